The van der Waals surface area contributed by atoms with E-state index in [-0.39, 0.29) is 5.91 Å². The normalized spacial score (nSPS) is 10.1. The van der Waals surface area contributed by atoms with Gasteiger partial charge in [0.05, 0.1) is 0 Å². The van der Waals surface area contributed by atoms with Crippen LogP contribution in [-0.2, 0) is 4.79 Å². The van der Waals surface area contributed by atoms with Crippen LogP contribution in [0.25, 0.3) is 0 Å². The zero-order chi connectivity index (χ0) is 11.6. The van der Waals surface area contributed by atoms with Gasteiger partial charge >= 0.3 is 0 Å². The largest absolute Gasteiger partial charge is 0.326 e. The van der Waals surface area contributed by atoms with Gasteiger partial charge in [-0.1, -0.05) is 24.6 Å². The molecular formula is C13H20N2O. The van der Waals surface area contributed by atoms with Gasteiger partial charge in [-0.2, -0.15) is 0 Å². The second-order valence-electron chi connectivity index (χ2n) is 3.83. The molecule has 16 heavy (non-hydrogen) atoms. The zero-order valence-electron chi connectivity index (χ0n) is 9.83. The summed E-state index contributed by atoms with van der Waals surface area (Å²) in [6, 6.07) is 9.58. The Hall–Kier alpha value is -1.35. The van der Waals surface area contributed by atoms with Crippen molar-refractivity contribution in [3.05, 3.63) is 30.3 Å². The number of nitrogens with one attached hydrogen (secondary N) is 2. The molecule has 0 aliphatic carbocycles. The summed E-state index contributed by atoms with van der Waals surface area (Å²) >= 11 is 0. The average Bonchev–Trinajstić information content (AvgIpc) is 2.30. The number of carbonyl (C=O) groups is 1. The predicted molar refractivity (Wildman–Crippen MR) is 67.5 cm³/mol. The molecule has 0 fully saturated rings. The Kier molecular flexibility index (Phi) is 6.26. The van der Waals surface area contributed by atoms with E-state index in [1.165, 1.54) is 0 Å². The minimum atomic E-state index is 0.107. The first kappa shape index (κ1) is 12.7. The lowest BCUT2D eigenvalue weighted by Crippen LogP contribution is -2.11. The summed E-state index contributed by atoms with van der Waals surface area (Å²) in [4.78, 5) is 11.5. The summed E-state index contributed by atoms with van der Waals surface area (Å²) in [5.74, 6) is 0.107. The van der Waals surface area contributed by atoms with Gasteiger partial charge in [0.25, 0.3) is 0 Å². The number of anilines is 1. The van der Waals surface area contributed by atoms with Gasteiger partial charge in [0.1, 0.15) is 0 Å². The van der Waals surface area contributed by atoms with E-state index in [1.807, 2.05) is 37.4 Å². The summed E-state index contributed by atoms with van der Waals surface area (Å²) in [5.41, 5.74) is 0.878. The van der Waals surface area contributed by atoms with Crippen molar-refractivity contribution in [3.63, 3.8) is 0 Å². The Morgan fingerprint density at radius 2 is 1.88 bits per heavy atom. The first-order valence-corrected chi connectivity index (χ1v) is 5.82. The van der Waals surface area contributed by atoms with E-state index in [4.69, 9.17) is 0 Å². The van der Waals surface area contributed by atoms with Crippen molar-refractivity contribution in [1.29, 1.82) is 0 Å². The van der Waals surface area contributed by atoms with Gasteiger partial charge in [-0.3, -0.25) is 4.79 Å². The Bertz CT molecular complexity index is 298. The maximum absolute atomic E-state index is 11.5. The molecule has 0 bridgehead atoms. The molecule has 2 N–H and O–H groups in total. The zero-order valence-corrected chi connectivity index (χ0v) is 9.83. The highest BCUT2D eigenvalue weighted by atomic mass is 16.1. The fourth-order valence-electron chi connectivity index (χ4n) is 1.51. The van der Waals surface area contributed by atoms with Crippen molar-refractivity contribution in [2.24, 2.45) is 0 Å². The third kappa shape index (κ3) is 5.51. The summed E-state index contributed by atoms with van der Waals surface area (Å²) < 4.78 is 0. The number of para-hydroxylation sites is 1. The van der Waals surface area contributed by atoms with Gasteiger partial charge in [-0.25, -0.2) is 0 Å². The minimum absolute atomic E-state index is 0.107. The fraction of sp³-hybridized carbons (Fsp3) is 0.462. The van der Waals surface area contributed by atoms with Crippen molar-refractivity contribution in [3.8, 4) is 0 Å². The van der Waals surface area contributed by atoms with E-state index >= 15 is 0 Å². The lowest BCUT2D eigenvalue weighted by atomic mass is 10.2. The molecule has 0 atom stereocenters. The van der Waals surface area contributed by atoms with E-state index in [2.05, 4.69) is 10.6 Å². The predicted octanol–water partition coefficient (Wildman–Crippen LogP) is 2.40. The highest BCUT2D eigenvalue weighted by molar-refractivity contribution is 5.90. The molecule has 0 heterocycles. The molecule has 1 aromatic carbocycles. The average molecular weight is 220 g/mol. The van der Waals surface area contributed by atoms with Crippen LogP contribution in [0.5, 0.6) is 0 Å². The van der Waals surface area contributed by atoms with E-state index in [0.29, 0.717) is 6.42 Å². The second kappa shape index (κ2) is 7.88. The molecule has 0 spiro atoms. The van der Waals surface area contributed by atoms with Crippen molar-refractivity contribution in [1.82, 2.24) is 5.32 Å². The maximum atomic E-state index is 11.5. The number of hydrogen-bond donors (Lipinski definition) is 2. The van der Waals surface area contributed by atoms with E-state index < -0.39 is 0 Å². The van der Waals surface area contributed by atoms with Gasteiger partial charge in [0.2, 0.25) is 5.91 Å². The number of unbranched alkanes of at least 4 members (excludes halogenated alkanes) is 2. The number of benzene rings is 1. The molecule has 3 heteroatoms. The quantitative estimate of drug-likeness (QED) is 0.693. The summed E-state index contributed by atoms with van der Waals surface area (Å²) in [6.45, 7) is 1.03. The van der Waals surface area contributed by atoms with E-state index in [9.17, 15) is 4.79 Å². The van der Waals surface area contributed by atoms with Crippen molar-refractivity contribution in [2.45, 2.75) is 25.7 Å². The lowest BCUT2D eigenvalue weighted by Gasteiger charge is -2.04. The number of amides is 1. The topological polar surface area (TPSA) is 41.1 Å². The van der Waals surface area contributed by atoms with Crippen LogP contribution in [0.4, 0.5) is 5.69 Å². The number of hydrogen-bond acceptors (Lipinski definition) is 2. The highest BCUT2D eigenvalue weighted by Crippen LogP contribution is 2.07. The maximum Gasteiger partial charge on any atom is 0.224 e. The van der Waals surface area contributed by atoms with Gasteiger partial charge < -0.3 is 10.6 Å². The SMILES string of the molecule is CNCCCCCC(=O)Nc1ccccc1. The molecule has 0 unspecified atom stereocenters. The van der Waals surface area contributed by atoms with Crippen LogP contribution in [0.1, 0.15) is 25.7 Å². The highest BCUT2D eigenvalue weighted by Gasteiger charge is 2.00. The Morgan fingerprint density at radius 3 is 2.56 bits per heavy atom. The Morgan fingerprint density at radius 1 is 1.12 bits per heavy atom. The molecule has 0 saturated carbocycles. The van der Waals surface area contributed by atoms with Crippen molar-refractivity contribution in [2.75, 3.05) is 18.9 Å². The molecule has 0 aliphatic heterocycles. The Labute approximate surface area is 97.2 Å². The van der Waals surface area contributed by atoms with Crippen molar-refractivity contribution < 1.29 is 4.79 Å². The van der Waals surface area contributed by atoms with Crippen molar-refractivity contribution >= 4 is 11.6 Å². The molecular weight excluding hydrogens is 200 g/mol. The first-order chi connectivity index (χ1) is 7.83. The second-order valence-corrected chi connectivity index (χ2v) is 3.83. The first-order valence-electron chi connectivity index (χ1n) is 5.82. The standard InChI is InChI=1S/C13H20N2O/c1-14-11-7-3-6-10-13(16)15-12-8-4-2-5-9-12/h2,4-5,8-9,14H,3,6-7,10-11H2,1H3,(H,15,16). The molecule has 0 aromatic heterocycles. The monoisotopic (exact) mass is 220 g/mol. The molecule has 3 nitrogen and oxygen atoms in total. The summed E-state index contributed by atoms with van der Waals surface area (Å²) in [5, 5.41) is 5.97. The van der Waals surface area contributed by atoms with Gasteiger partial charge in [0.15, 0.2) is 0 Å². The van der Waals surface area contributed by atoms with E-state index in [0.717, 1.165) is 31.5 Å². The summed E-state index contributed by atoms with van der Waals surface area (Å²) in [6.07, 6.45) is 3.80. The smallest absolute Gasteiger partial charge is 0.224 e. The van der Waals surface area contributed by atoms with Gasteiger partial charge in [-0.15, -0.1) is 0 Å². The molecule has 0 radical (unpaired) electrons. The van der Waals surface area contributed by atoms with Crippen LogP contribution >= 0.6 is 0 Å². The lowest BCUT2D eigenvalue weighted by molar-refractivity contribution is -0.116. The van der Waals surface area contributed by atoms with Crippen LogP contribution in [0.2, 0.25) is 0 Å². The number of rotatable bonds is 7. The molecule has 1 amide bonds. The van der Waals surface area contributed by atoms with Crippen LogP contribution in [0, 0.1) is 0 Å². The third-order valence-electron chi connectivity index (χ3n) is 2.39. The van der Waals surface area contributed by atoms with Gasteiger partial charge in [-0.05, 0) is 38.6 Å². The third-order valence-corrected chi connectivity index (χ3v) is 2.39. The van der Waals surface area contributed by atoms with Gasteiger partial charge in [0, 0.05) is 12.1 Å². The minimum Gasteiger partial charge on any atom is -0.326 e. The fourth-order valence-corrected chi connectivity index (χ4v) is 1.51. The van der Waals surface area contributed by atoms with Crippen LogP contribution < -0.4 is 10.6 Å². The van der Waals surface area contributed by atoms with Crippen LogP contribution in [0.15, 0.2) is 30.3 Å². The molecule has 0 aliphatic rings. The molecule has 1 rings (SSSR count). The molecule has 1 aromatic rings. The Balaban J connectivity index is 2.12. The summed E-state index contributed by atoms with van der Waals surface area (Å²) in [7, 11) is 1.95. The molecule has 0 saturated heterocycles. The van der Waals surface area contributed by atoms with Crippen LogP contribution in [0.3, 0.4) is 0 Å². The van der Waals surface area contributed by atoms with E-state index in [1.54, 1.807) is 0 Å². The molecule has 88 valence electrons. The van der Waals surface area contributed by atoms with Crippen LogP contribution in [-0.4, -0.2) is 19.5 Å². The number of carbonyl (C=O) groups excluding carboxylic acids is 1.